The first-order valence-electron chi connectivity index (χ1n) is 7.98. The fourth-order valence-electron chi connectivity index (χ4n) is 3.95. The van der Waals surface area contributed by atoms with E-state index >= 15 is 0 Å². The van der Waals surface area contributed by atoms with E-state index in [-0.39, 0.29) is 5.41 Å². The molecule has 112 valence electrons. The number of hydrogen-bond acceptors (Lipinski definition) is 1. The topological polar surface area (TPSA) is 12.9 Å². The second-order valence-electron chi connectivity index (χ2n) is 7.14. The molecule has 0 saturated heterocycles. The van der Waals surface area contributed by atoms with Crippen molar-refractivity contribution in [2.75, 3.05) is 0 Å². The molecular weight excluding hydrogens is 322 g/mol. The number of nitrogens with zero attached hydrogens (tertiary/aromatic N) is 1. The lowest BCUT2D eigenvalue weighted by Crippen LogP contribution is -2.38. The molecule has 1 aliphatic rings. The lowest BCUT2D eigenvalue weighted by atomic mass is 9.65. The highest BCUT2D eigenvalue weighted by Gasteiger charge is 2.39. The van der Waals surface area contributed by atoms with Gasteiger partial charge in [0.1, 0.15) is 0 Å². The molecule has 1 aromatic heterocycles. The lowest BCUT2D eigenvalue weighted by Gasteiger charge is -2.42. The van der Waals surface area contributed by atoms with E-state index < -0.39 is 0 Å². The number of alkyl halides is 1. The van der Waals surface area contributed by atoms with Gasteiger partial charge < -0.3 is 0 Å². The van der Waals surface area contributed by atoms with E-state index in [4.69, 9.17) is 0 Å². The summed E-state index contributed by atoms with van der Waals surface area (Å²) in [5, 5.41) is 1.25. The van der Waals surface area contributed by atoms with Gasteiger partial charge in [0.2, 0.25) is 0 Å². The monoisotopic (exact) mass is 345 g/mol. The fourth-order valence-corrected chi connectivity index (χ4v) is 5.51. The minimum atomic E-state index is 0.141. The zero-order chi connectivity index (χ0) is 15.0. The number of para-hydroxylation sites is 1. The largest absolute Gasteiger partial charge is 0.256 e. The third-order valence-corrected chi connectivity index (χ3v) is 6.30. The molecule has 1 saturated carbocycles. The molecule has 0 spiro atoms. The van der Waals surface area contributed by atoms with Gasteiger partial charge in [-0.3, -0.25) is 4.98 Å². The van der Waals surface area contributed by atoms with Crippen molar-refractivity contribution in [3.8, 4) is 0 Å². The molecule has 3 rings (SSSR count). The predicted octanol–water partition coefficient (Wildman–Crippen LogP) is 5.71. The zero-order valence-electron chi connectivity index (χ0n) is 13.1. The molecule has 21 heavy (non-hydrogen) atoms. The van der Waals surface area contributed by atoms with E-state index in [0.717, 1.165) is 5.92 Å². The summed E-state index contributed by atoms with van der Waals surface area (Å²) in [6, 6.07) is 10.8. The van der Waals surface area contributed by atoms with Gasteiger partial charge in [-0.25, -0.2) is 0 Å². The Morgan fingerprint density at radius 1 is 1.14 bits per heavy atom. The first-order chi connectivity index (χ1) is 10.00. The Kier molecular flexibility index (Phi) is 4.09. The predicted molar refractivity (Wildman–Crippen MR) is 94.0 cm³/mol. The van der Waals surface area contributed by atoms with Gasteiger partial charge in [-0.15, -0.1) is 0 Å². The Balaban J connectivity index is 2.04. The van der Waals surface area contributed by atoms with Crippen molar-refractivity contribution in [2.24, 2.45) is 11.8 Å². The van der Waals surface area contributed by atoms with Crippen LogP contribution in [0.2, 0.25) is 0 Å². The van der Waals surface area contributed by atoms with Crippen LogP contribution in [0.5, 0.6) is 0 Å². The van der Waals surface area contributed by atoms with Crippen molar-refractivity contribution in [3.05, 3.63) is 42.1 Å². The number of pyridine rings is 1. The summed E-state index contributed by atoms with van der Waals surface area (Å²) in [6.45, 7) is 7.16. The maximum absolute atomic E-state index is 4.67. The number of rotatable bonds is 2. The molecule has 0 radical (unpaired) electrons. The van der Waals surface area contributed by atoms with Crippen LogP contribution in [0.3, 0.4) is 0 Å². The Hall–Kier alpha value is -0.890. The van der Waals surface area contributed by atoms with Crippen LogP contribution < -0.4 is 0 Å². The molecule has 1 aromatic carbocycles. The standard InChI is InChI=1S/C19H24BrN/c1-13-9-10-15(17(20)12-13)19(2,3)16-8-4-6-14-7-5-11-21-18(14)16/h4-8,11,13,15,17H,9-10,12H2,1-3H3. The molecule has 1 heterocycles. The third kappa shape index (κ3) is 2.75. The summed E-state index contributed by atoms with van der Waals surface area (Å²) < 4.78 is 0. The average Bonchev–Trinajstić information content (AvgIpc) is 2.46. The second-order valence-corrected chi connectivity index (χ2v) is 8.32. The molecule has 0 aliphatic heterocycles. The Labute approximate surface area is 136 Å². The Bertz CT molecular complexity index is 629. The van der Waals surface area contributed by atoms with Gasteiger partial charge in [-0.1, -0.05) is 67.4 Å². The van der Waals surface area contributed by atoms with Crippen molar-refractivity contribution in [1.82, 2.24) is 4.98 Å². The van der Waals surface area contributed by atoms with E-state index in [1.165, 1.54) is 35.7 Å². The first kappa shape index (κ1) is 15.0. The third-order valence-electron chi connectivity index (χ3n) is 5.29. The van der Waals surface area contributed by atoms with Crippen molar-refractivity contribution < 1.29 is 0 Å². The average molecular weight is 346 g/mol. The highest BCUT2D eigenvalue weighted by Crippen LogP contribution is 2.46. The van der Waals surface area contributed by atoms with Crippen LogP contribution in [-0.4, -0.2) is 9.81 Å². The number of aromatic nitrogens is 1. The molecule has 2 aromatic rings. The first-order valence-corrected chi connectivity index (χ1v) is 8.90. The fraction of sp³-hybridized carbons (Fsp3) is 0.526. The maximum Gasteiger partial charge on any atom is 0.0739 e. The van der Waals surface area contributed by atoms with Crippen LogP contribution in [-0.2, 0) is 5.41 Å². The van der Waals surface area contributed by atoms with Crippen molar-refractivity contribution in [2.45, 2.75) is 50.3 Å². The summed E-state index contributed by atoms with van der Waals surface area (Å²) in [6.07, 6.45) is 5.84. The summed E-state index contributed by atoms with van der Waals surface area (Å²) in [5.41, 5.74) is 2.70. The second kappa shape index (κ2) is 5.72. The molecule has 1 nitrogen and oxygen atoms in total. The minimum Gasteiger partial charge on any atom is -0.256 e. The highest BCUT2D eigenvalue weighted by atomic mass is 79.9. The molecule has 3 unspecified atom stereocenters. The van der Waals surface area contributed by atoms with Gasteiger partial charge >= 0.3 is 0 Å². The maximum atomic E-state index is 4.67. The molecular formula is C19H24BrN. The van der Waals surface area contributed by atoms with Gasteiger partial charge in [-0.2, -0.15) is 0 Å². The van der Waals surface area contributed by atoms with Crippen LogP contribution in [0.15, 0.2) is 36.5 Å². The molecule has 1 fully saturated rings. The van der Waals surface area contributed by atoms with E-state index in [9.17, 15) is 0 Å². The van der Waals surface area contributed by atoms with Gasteiger partial charge in [0.05, 0.1) is 5.52 Å². The van der Waals surface area contributed by atoms with Crippen LogP contribution in [0.1, 0.15) is 45.6 Å². The Morgan fingerprint density at radius 3 is 2.67 bits per heavy atom. The van der Waals surface area contributed by atoms with Crippen molar-refractivity contribution >= 4 is 26.8 Å². The smallest absolute Gasteiger partial charge is 0.0739 e. The van der Waals surface area contributed by atoms with E-state index in [0.29, 0.717) is 10.7 Å². The molecule has 0 bridgehead atoms. The molecule has 2 heteroatoms. The summed E-state index contributed by atoms with van der Waals surface area (Å²) in [7, 11) is 0. The van der Waals surface area contributed by atoms with E-state index in [2.05, 4.69) is 66.0 Å². The van der Waals surface area contributed by atoms with Crippen molar-refractivity contribution in [3.63, 3.8) is 0 Å². The lowest BCUT2D eigenvalue weighted by molar-refractivity contribution is 0.215. The summed E-state index contributed by atoms with van der Waals surface area (Å²) >= 11 is 3.97. The molecule has 0 N–H and O–H groups in total. The normalized spacial score (nSPS) is 27.0. The van der Waals surface area contributed by atoms with Crippen LogP contribution in [0, 0.1) is 11.8 Å². The molecule has 0 amide bonds. The SMILES string of the molecule is CC1CCC(C(C)(C)c2cccc3cccnc23)C(Br)C1. The number of hydrogen-bond donors (Lipinski definition) is 0. The van der Waals surface area contributed by atoms with Gasteiger partial charge in [0.15, 0.2) is 0 Å². The molecule has 1 aliphatic carbocycles. The number of fused-ring (bicyclic) bond motifs is 1. The van der Waals surface area contributed by atoms with E-state index in [1.807, 2.05) is 12.3 Å². The summed E-state index contributed by atoms with van der Waals surface area (Å²) in [4.78, 5) is 5.27. The number of halogens is 1. The van der Waals surface area contributed by atoms with Gasteiger partial charge in [-0.05, 0) is 41.7 Å². The van der Waals surface area contributed by atoms with Gasteiger partial charge in [0, 0.05) is 16.4 Å². The quantitative estimate of drug-likeness (QED) is 0.635. The van der Waals surface area contributed by atoms with Crippen molar-refractivity contribution in [1.29, 1.82) is 0 Å². The van der Waals surface area contributed by atoms with E-state index in [1.54, 1.807) is 0 Å². The zero-order valence-corrected chi connectivity index (χ0v) is 14.7. The molecule has 3 atom stereocenters. The Morgan fingerprint density at radius 2 is 1.90 bits per heavy atom. The van der Waals surface area contributed by atoms with Crippen LogP contribution in [0.25, 0.3) is 10.9 Å². The highest BCUT2D eigenvalue weighted by molar-refractivity contribution is 9.09. The van der Waals surface area contributed by atoms with Crippen LogP contribution in [0.4, 0.5) is 0 Å². The van der Waals surface area contributed by atoms with Gasteiger partial charge in [0.25, 0.3) is 0 Å². The summed E-state index contributed by atoms with van der Waals surface area (Å²) in [5.74, 6) is 1.51. The minimum absolute atomic E-state index is 0.141. The van der Waals surface area contributed by atoms with Crippen LogP contribution >= 0.6 is 15.9 Å². The number of benzene rings is 1.